The summed E-state index contributed by atoms with van der Waals surface area (Å²) in [6, 6.07) is 12.9. The maximum Gasteiger partial charge on any atom is 0.224 e. The van der Waals surface area contributed by atoms with E-state index in [0.29, 0.717) is 28.3 Å². The van der Waals surface area contributed by atoms with Gasteiger partial charge in [-0.2, -0.15) is 24.1 Å². The van der Waals surface area contributed by atoms with E-state index < -0.39 is 11.9 Å². The highest BCUT2D eigenvalue weighted by Crippen LogP contribution is 2.36. The molecule has 4 heterocycles. The molecule has 0 aliphatic heterocycles. The zero-order valence-electron chi connectivity index (χ0n) is 18.5. The fourth-order valence-electron chi connectivity index (χ4n) is 3.28. The highest BCUT2D eigenvalue weighted by molar-refractivity contribution is 8.00. The van der Waals surface area contributed by atoms with Crippen LogP contribution in [0.25, 0.3) is 22.5 Å². The molecule has 1 aromatic carbocycles. The minimum Gasteiger partial charge on any atom is -0.454 e. The summed E-state index contributed by atoms with van der Waals surface area (Å²) in [5.74, 6) is -1.24. The van der Waals surface area contributed by atoms with E-state index in [1.54, 1.807) is 54.6 Å². The van der Waals surface area contributed by atoms with Crippen LogP contribution >= 0.6 is 23.3 Å². The van der Waals surface area contributed by atoms with E-state index in [0.717, 1.165) is 16.1 Å². The minimum absolute atomic E-state index is 0.0416. The first-order chi connectivity index (χ1) is 17.5. The van der Waals surface area contributed by atoms with Crippen LogP contribution < -0.4 is 9.46 Å². The molecular formula is C24H15F2N7OS2. The molecule has 5 aromatic rings. The van der Waals surface area contributed by atoms with Gasteiger partial charge in [-0.25, -0.2) is 9.97 Å². The Morgan fingerprint density at radius 2 is 1.97 bits per heavy atom. The standard InChI is InChI=1S/C24H15F2N7OS2/c1-33-13-15(12-29-33)22-20(6-4-18(30-22)17-3-7-21(25)31-23(17)26)34-19-5-2-16(10-14(19)11-27)36-32-24-28-8-9-35-24/h2-10,12-13H,1H3,(H,28,32). The minimum atomic E-state index is -0.973. The van der Waals surface area contributed by atoms with Gasteiger partial charge in [0.25, 0.3) is 0 Å². The predicted octanol–water partition coefficient (Wildman–Crippen LogP) is 6.06. The third kappa shape index (κ3) is 5.02. The topological polar surface area (TPSA) is 102 Å². The van der Waals surface area contributed by atoms with Crippen LogP contribution in [0.5, 0.6) is 11.5 Å². The molecule has 12 heteroatoms. The molecule has 0 amide bonds. The molecule has 8 nitrogen and oxygen atoms in total. The fourth-order valence-corrected chi connectivity index (χ4v) is 4.54. The van der Waals surface area contributed by atoms with Crippen molar-refractivity contribution in [2.75, 3.05) is 4.72 Å². The fraction of sp³-hybridized carbons (Fsp3) is 0.0417. The van der Waals surface area contributed by atoms with Gasteiger partial charge in [-0.05, 0) is 54.4 Å². The summed E-state index contributed by atoms with van der Waals surface area (Å²) in [7, 11) is 1.75. The van der Waals surface area contributed by atoms with Crippen LogP contribution in [0.3, 0.4) is 0 Å². The quantitative estimate of drug-likeness (QED) is 0.204. The van der Waals surface area contributed by atoms with Gasteiger partial charge >= 0.3 is 0 Å². The van der Waals surface area contributed by atoms with E-state index in [2.05, 4.69) is 30.8 Å². The number of benzene rings is 1. The Labute approximate surface area is 212 Å². The molecule has 0 saturated carbocycles. The van der Waals surface area contributed by atoms with Crippen molar-refractivity contribution in [2.45, 2.75) is 4.90 Å². The molecule has 0 atom stereocenters. The number of hydrogen-bond acceptors (Lipinski definition) is 9. The smallest absolute Gasteiger partial charge is 0.224 e. The molecule has 1 N–H and O–H groups in total. The molecule has 5 rings (SSSR count). The SMILES string of the molecule is Cn1cc(-c2nc(-c3ccc(F)nc3F)ccc2Oc2ccc(SNc3nccs3)cc2C#N)cn1. The van der Waals surface area contributed by atoms with Gasteiger partial charge in [0.2, 0.25) is 11.9 Å². The van der Waals surface area contributed by atoms with Crippen LogP contribution in [0.15, 0.2) is 71.3 Å². The number of pyridine rings is 2. The van der Waals surface area contributed by atoms with Gasteiger partial charge in [0, 0.05) is 35.3 Å². The van der Waals surface area contributed by atoms with Crippen molar-refractivity contribution in [2.24, 2.45) is 7.05 Å². The number of thiazole rings is 1. The largest absolute Gasteiger partial charge is 0.454 e. The van der Waals surface area contributed by atoms with E-state index in [-0.39, 0.29) is 11.3 Å². The third-order valence-corrected chi connectivity index (χ3v) is 6.51. The van der Waals surface area contributed by atoms with E-state index >= 15 is 0 Å². The summed E-state index contributed by atoms with van der Waals surface area (Å²) in [5, 5.41) is 16.5. The van der Waals surface area contributed by atoms with Crippen LogP contribution in [-0.2, 0) is 7.05 Å². The average molecular weight is 520 g/mol. The second-order valence-electron chi connectivity index (χ2n) is 7.33. The number of ether oxygens (including phenoxy) is 1. The van der Waals surface area contributed by atoms with Gasteiger partial charge in [0.05, 0.1) is 23.0 Å². The Kier molecular flexibility index (Phi) is 6.57. The van der Waals surface area contributed by atoms with Crippen molar-refractivity contribution in [3.05, 3.63) is 83.9 Å². The van der Waals surface area contributed by atoms with Gasteiger partial charge in [-0.1, -0.05) is 0 Å². The van der Waals surface area contributed by atoms with E-state index in [4.69, 9.17) is 4.74 Å². The zero-order valence-corrected chi connectivity index (χ0v) is 20.1. The van der Waals surface area contributed by atoms with Gasteiger partial charge < -0.3 is 9.46 Å². The summed E-state index contributed by atoms with van der Waals surface area (Å²) in [5.41, 5.74) is 1.59. The number of aromatic nitrogens is 5. The Morgan fingerprint density at radius 3 is 2.69 bits per heavy atom. The summed E-state index contributed by atoms with van der Waals surface area (Å²) < 4.78 is 38.4. The Bertz CT molecular complexity index is 1580. The molecule has 0 aliphatic rings. The van der Waals surface area contributed by atoms with E-state index in [9.17, 15) is 14.0 Å². The molecule has 36 heavy (non-hydrogen) atoms. The van der Waals surface area contributed by atoms with Gasteiger partial charge in [0.15, 0.2) is 10.9 Å². The van der Waals surface area contributed by atoms with Crippen LogP contribution in [0.2, 0.25) is 0 Å². The Balaban J connectivity index is 1.49. The second kappa shape index (κ2) is 10.1. The number of nitrogens with one attached hydrogen (secondary N) is 1. The first-order valence-corrected chi connectivity index (χ1v) is 12.1. The summed E-state index contributed by atoms with van der Waals surface area (Å²) in [4.78, 5) is 12.8. The van der Waals surface area contributed by atoms with Crippen molar-refractivity contribution in [3.8, 4) is 40.1 Å². The molecule has 0 saturated heterocycles. The molecule has 178 valence electrons. The summed E-state index contributed by atoms with van der Waals surface area (Å²) in [6.45, 7) is 0. The first-order valence-electron chi connectivity index (χ1n) is 10.4. The molecule has 0 spiro atoms. The molecule has 4 aromatic heterocycles. The lowest BCUT2D eigenvalue weighted by molar-refractivity contribution is 0.480. The molecule has 0 fully saturated rings. The Hall–Kier alpha value is -4.34. The summed E-state index contributed by atoms with van der Waals surface area (Å²) in [6.07, 6.45) is 5.02. The highest BCUT2D eigenvalue weighted by atomic mass is 32.2. The molecular weight excluding hydrogens is 504 g/mol. The maximum atomic E-state index is 14.3. The van der Waals surface area contributed by atoms with Gasteiger partial charge in [0.1, 0.15) is 17.5 Å². The Morgan fingerprint density at radius 1 is 1.11 bits per heavy atom. The molecule has 0 bridgehead atoms. The van der Waals surface area contributed by atoms with E-state index in [1.807, 2.05) is 11.4 Å². The lowest BCUT2D eigenvalue weighted by Gasteiger charge is -2.13. The lowest BCUT2D eigenvalue weighted by Crippen LogP contribution is -1.98. The number of hydrogen-bond donors (Lipinski definition) is 1. The number of nitrogens with zero attached hydrogens (tertiary/aromatic N) is 6. The molecule has 0 radical (unpaired) electrons. The van der Waals surface area contributed by atoms with Crippen LogP contribution in [0, 0.1) is 23.2 Å². The predicted molar refractivity (Wildman–Crippen MR) is 132 cm³/mol. The average Bonchev–Trinajstić information content (AvgIpc) is 3.55. The number of nitriles is 1. The van der Waals surface area contributed by atoms with Crippen molar-refractivity contribution in [3.63, 3.8) is 0 Å². The van der Waals surface area contributed by atoms with Crippen molar-refractivity contribution in [1.82, 2.24) is 24.7 Å². The molecule has 0 unspecified atom stereocenters. The van der Waals surface area contributed by atoms with Crippen molar-refractivity contribution in [1.29, 1.82) is 5.26 Å². The number of aryl methyl sites for hydroxylation is 1. The maximum absolute atomic E-state index is 14.3. The first kappa shape index (κ1) is 23.4. The lowest BCUT2D eigenvalue weighted by atomic mass is 10.1. The molecule has 0 aliphatic carbocycles. The van der Waals surface area contributed by atoms with Gasteiger partial charge in [-0.15, -0.1) is 11.3 Å². The summed E-state index contributed by atoms with van der Waals surface area (Å²) >= 11 is 2.79. The van der Waals surface area contributed by atoms with Crippen LogP contribution in [0.1, 0.15) is 5.56 Å². The second-order valence-corrected chi connectivity index (χ2v) is 9.11. The van der Waals surface area contributed by atoms with Crippen molar-refractivity contribution >= 4 is 28.4 Å². The monoisotopic (exact) mass is 519 g/mol. The van der Waals surface area contributed by atoms with Crippen molar-refractivity contribution < 1.29 is 13.5 Å². The number of anilines is 1. The third-order valence-electron chi connectivity index (χ3n) is 4.91. The normalized spacial score (nSPS) is 10.7. The van der Waals surface area contributed by atoms with Gasteiger partial charge in [-0.3, -0.25) is 4.68 Å². The number of rotatable bonds is 7. The van der Waals surface area contributed by atoms with E-state index in [1.165, 1.54) is 29.4 Å². The van der Waals surface area contributed by atoms with Crippen LogP contribution in [0.4, 0.5) is 13.9 Å². The highest BCUT2D eigenvalue weighted by Gasteiger charge is 2.17. The van der Waals surface area contributed by atoms with Crippen LogP contribution in [-0.4, -0.2) is 24.7 Å². The number of halogens is 2. The zero-order chi connectivity index (χ0) is 25.1.